The lowest BCUT2D eigenvalue weighted by atomic mass is 10.1. The number of Topliss-reactive ketones (excluding diaryl/α,β-unsaturated/α-hetero) is 1. The molecule has 5 aromatic rings. The molecule has 7 nitrogen and oxygen atoms in total. The molecule has 0 saturated heterocycles. The zero-order valence-corrected chi connectivity index (χ0v) is 19.2. The Morgan fingerprint density at radius 2 is 1.91 bits per heavy atom. The second-order valence-electron chi connectivity index (χ2n) is 7.46. The summed E-state index contributed by atoms with van der Waals surface area (Å²) in [4.78, 5) is 32.0. The third kappa shape index (κ3) is 3.59. The molecular weight excluding hydrogens is 472 g/mol. The molecule has 168 valence electrons. The minimum Gasteiger partial charge on any atom is -0.464 e. The highest BCUT2D eigenvalue weighted by atomic mass is 32.2. The van der Waals surface area contributed by atoms with Crippen LogP contribution in [-0.4, -0.2) is 27.9 Å². The molecule has 0 radical (unpaired) electrons. The smallest absolute Gasteiger partial charge is 0.268 e. The van der Waals surface area contributed by atoms with Crippen molar-refractivity contribution in [3.63, 3.8) is 0 Å². The number of fused-ring (bicyclic) bond motifs is 2. The monoisotopic (exact) mass is 488 g/mol. The van der Waals surface area contributed by atoms with Crippen LogP contribution in [0.25, 0.3) is 27.2 Å². The van der Waals surface area contributed by atoms with Crippen LogP contribution < -0.4 is 15.0 Å². The van der Waals surface area contributed by atoms with Crippen molar-refractivity contribution in [1.29, 1.82) is 0 Å². The number of ether oxygens (including phenoxy) is 2. The summed E-state index contributed by atoms with van der Waals surface area (Å²) < 4.78 is 17.8. The fourth-order valence-electron chi connectivity index (χ4n) is 3.77. The molecule has 6 rings (SSSR count). The quantitative estimate of drug-likeness (QED) is 0.179. The van der Waals surface area contributed by atoms with Gasteiger partial charge in [-0.3, -0.25) is 14.2 Å². The normalized spacial score (nSPS) is 12.4. The first-order valence-electron chi connectivity index (χ1n) is 10.4. The topological polar surface area (TPSA) is 83.6 Å². The summed E-state index contributed by atoms with van der Waals surface area (Å²) >= 11 is 2.60. The van der Waals surface area contributed by atoms with E-state index in [1.807, 2.05) is 41.8 Å². The molecule has 0 unspecified atom stereocenters. The van der Waals surface area contributed by atoms with E-state index in [4.69, 9.17) is 18.9 Å². The van der Waals surface area contributed by atoms with Crippen LogP contribution in [0, 0.1) is 0 Å². The highest BCUT2D eigenvalue weighted by Crippen LogP contribution is 2.35. The van der Waals surface area contributed by atoms with Gasteiger partial charge in [0.05, 0.1) is 23.1 Å². The Kier molecular flexibility index (Phi) is 5.20. The summed E-state index contributed by atoms with van der Waals surface area (Å²) in [7, 11) is 0. The molecule has 0 aliphatic carbocycles. The summed E-state index contributed by atoms with van der Waals surface area (Å²) in [5, 5.41) is 2.82. The highest BCUT2D eigenvalue weighted by molar-refractivity contribution is 7.99. The molecule has 0 bridgehead atoms. The third-order valence-electron chi connectivity index (χ3n) is 5.40. The van der Waals surface area contributed by atoms with E-state index in [2.05, 4.69) is 0 Å². The molecule has 9 heteroatoms. The first-order valence-corrected chi connectivity index (χ1v) is 12.2. The second-order valence-corrected chi connectivity index (χ2v) is 9.26. The molecular formula is C25H16N2O5S2. The van der Waals surface area contributed by atoms with E-state index in [1.165, 1.54) is 23.1 Å². The average Bonchev–Trinajstić information content (AvgIpc) is 3.63. The summed E-state index contributed by atoms with van der Waals surface area (Å²) in [6, 6.07) is 18.0. The molecule has 1 aliphatic rings. The Balaban J connectivity index is 1.40. The number of carbonyl (C=O) groups excluding carboxylic acids is 1. The van der Waals surface area contributed by atoms with Gasteiger partial charge in [-0.1, -0.05) is 30.0 Å². The molecule has 3 aromatic heterocycles. The standard InChI is InChI=1S/C25H16N2O5S2/c28-18(15-8-9-20-21(11-15)32-14-31-20)13-34-25-26-23-22(17(12-33-23)19-7-4-10-30-19)24(29)27(25)16-5-2-1-3-6-16/h1-12H,13-14H2. The van der Waals surface area contributed by atoms with E-state index in [-0.39, 0.29) is 23.9 Å². The van der Waals surface area contributed by atoms with Crippen LogP contribution in [0.3, 0.4) is 0 Å². The lowest BCUT2D eigenvalue weighted by molar-refractivity contribution is 0.102. The Labute approximate surface area is 201 Å². The van der Waals surface area contributed by atoms with E-state index >= 15 is 0 Å². The van der Waals surface area contributed by atoms with E-state index in [0.717, 1.165) is 0 Å². The lowest BCUT2D eigenvalue weighted by Crippen LogP contribution is -2.22. The molecule has 1 aliphatic heterocycles. The van der Waals surface area contributed by atoms with Gasteiger partial charge >= 0.3 is 0 Å². The van der Waals surface area contributed by atoms with Crippen LogP contribution in [0.4, 0.5) is 0 Å². The summed E-state index contributed by atoms with van der Waals surface area (Å²) in [6.07, 6.45) is 1.58. The van der Waals surface area contributed by atoms with Crippen LogP contribution in [0.2, 0.25) is 0 Å². The van der Waals surface area contributed by atoms with Crippen molar-refractivity contribution in [2.45, 2.75) is 5.16 Å². The first kappa shape index (κ1) is 20.8. The average molecular weight is 489 g/mol. The summed E-state index contributed by atoms with van der Waals surface area (Å²) in [5.41, 5.74) is 1.70. The van der Waals surface area contributed by atoms with Crippen molar-refractivity contribution in [2.75, 3.05) is 12.5 Å². The van der Waals surface area contributed by atoms with Gasteiger partial charge in [0.15, 0.2) is 22.4 Å². The molecule has 0 fully saturated rings. The van der Waals surface area contributed by atoms with Crippen LogP contribution in [0.15, 0.2) is 86.7 Å². The Hall–Kier alpha value is -3.82. The number of thioether (sulfide) groups is 1. The van der Waals surface area contributed by atoms with Crippen molar-refractivity contribution in [3.05, 3.63) is 88.2 Å². The van der Waals surface area contributed by atoms with Crippen molar-refractivity contribution in [2.24, 2.45) is 0 Å². The number of rotatable bonds is 6. The number of hydrogen-bond acceptors (Lipinski definition) is 8. The van der Waals surface area contributed by atoms with Crippen LogP contribution in [0.5, 0.6) is 11.5 Å². The molecule has 0 spiro atoms. The van der Waals surface area contributed by atoms with Gasteiger partial charge in [-0.05, 0) is 42.5 Å². The fraction of sp³-hybridized carbons (Fsp3) is 0.0800. The van der Waals surface area contributed by atoms with Crippen LogP contribution in [-0.2, 0) is 0 Å². The molecule has 0 atom stereocenters. The predicted molar refractivity (Wildman–Crippen MR) is 131 cm³/mol. The van der Waals surface area contributed by atoms with Gasteiger partial charge in [0, 0.05) is 16.5 Å². The minimum absolute atomic E-state index is 0.0975. The molecule has 4 heterocycles. The maximum atomic E-state index is 13.7. The number of para-hydroxylation sites is 1. The van der Waals surface area contributed by atoms with E-state index in [0.29, 0.717) is 49.4 Å². The van der Waals surface area contributed by atoms with Gasteiger partial charge in [-0.2, -0.15) is 0 Å². The highest BCUT2D eigenvalue weighted by Gasteiger charge is 2.21. The lowest BCUT2D eigenvalue weighted by Gasteiger charge is -2.12. The van der Waals surface area contributed by atoms with E-state index in [9.17, 15) is 9.59 Å². The number of ketones is 1. The SMILES string of the molecule is O=C(CSc1nc2scc(-c3ccco3)c2c(=O)n1-c1ccccc1)c1ccc2c(c1)OCO2. The Morgan fingerprint density at radius 3 is 2.74 bits per heavy atom. The first-order chi connectivity index (χ1) is 16.7. The summed E-state index contributed by atoms with van der Waals surface area (Å²) in [5.74, 6) is 1.81. The molecule has 34 heavy (non-hydrogen) atoms. The third-order valence-corrected chi connectivity index (χ3v) is 7.22. The van der Waals surface area contributed by atoms with Crippen LogP contribution in [0.1, 0.15) is 10.4 Å². The number of aromatic nitrogens is 2. The van der Waals surface area contributed by atoms with Gasteiger partial charge in [0.1, 0.15) is 10.6 Å². The Bertz CT molecular complexity index is 1570. The number of furan rings is 1. The second kappa shape index (κ2) is 8.51. The molecule has 2 aromatic carbocycles. The minimum atomic E-state index is -0.207. The van der Waals surface area contributed by atoms with Gasteiger partial charge in [-0.15, -0.1) is 11.3 Å². The summed E-state index contributed by atoms with van der Waals surface area (Å²) in [6.45, 7) is 0.149. The molecule has 0 saturated carbocycles. The maximum Gasteiger partial charge on any atom is 0.268 e. The molecule has 0 amide bonds. The van der Waals surface area contributed by atoms with Gasteiger partial charge in [0.2, 0.25) is 6.79 Å². The molecule has 0 N–H and O–H groups in total. The Morgan fingerprint density at radius 1 is 1.06 bits per heavy atom. The zero-order valence-electron chi connectivity index (χ0n) is 17.6. The maximum absolute atomic E-state index is 13.7. The zero-order chi connectivity index (χ0) is 23.1. The van der Waals surface area contributed by atoms with Crippen LogP contribution >= 0.6 is 23.1 Å². The predicted octanol–water partition coefficient (Wildman–Crippen LogP) is 5.41. The number of carbonyl (C=O) groups is 1. The number of thiophene rings is 1. The van der Waals surface area contributed by atoms with E-state index < -0.39 is 0 Å². The largest absolute Gasteiger partial charge is 0.464 e. The fourth-order valence-corrected chi connectivity index (χ4v) is 5.65. The van der Waals surface area contributed by atoms with Gasteiger partial charge in [-0.25, -0.2) is 4.98 Å². The van der Waals surface area contributed by atoms with Crippen molar-refractivity contribution >= 4 is 39.1 Å². The van der Waals surface area contributed by atoms with Crippen molar-refractivity contribution in [1.82, 2.24) is 9.55 Å². The van der Waals surface area contributed by atoms with Crippen molar-refractivity contribution in [3.8, 4) is 28.5 Å². The van der Waals surface area contributed by atoms with Crippen molar-refractivity contribution < 1.29 is 18.7 Å². The van der Waals surface area contributed by atoms with Gasteiger partial charge < -0.3 is 13.9 Å². The number of benzene rings is 2. The van der Waals surface area contributed by atoms with Gasteiger partial charge in [0.25, 0.3) is 5.56 Å². The number of hydrogen-bond donors (Lipinski definition) is 0. The van der Waals surface area contributed by atoms with E-state index in [1.54, 1.807) is 35.1 Å². The number of nitrogens with zero attached hydrogens (tertiary/aromatic N) is 2.